The molecule has 0 radical (unpaired) electrons. The van der Waals surface area contributed by atoms with Crippen molar-refractivity contribution in [1.82, 2.24) is 4.58 Å². The summed E-state index contributed by atoms with van der Waals surface area (Å²) >= 11 is 0. The highest BCUT2D eigenvalue weighted by Crippen LogP contribution is 2.47. The summed E-state index contributed by atoms with van der Waals surface area (Å²) in [5.74, 6) is -2.59. The van der Waals surface area contributed by atoms with E-state index >= 15 is 0 Å². The van der Waals surface area contributed by atoms with E-state index in [0.29, 0.717) is 55.6 Å². The van der Waals surface area contributed by atoms with Gasteiger partial charge in [-0.1, -0.05) is 39.0 Å². The summed E-state index contributed by atoms with van der Waals surface area (Å²) in [6.45, 7) is 12.9. The number of benzene rings is 3. The van der Waals surface area contributed by atoms with Crippen molar-refractivity contribution in [3.8, 4) is 11.5 Å². The van der Waals surface area contributed by atoms with E-state index in [4.69, 9.17) is 4.74 Å². The molecule has 0 spiro atoms. The van der Waals surface area contributed by atoms with Crippen molar-refractivity contribution in [3.05, 3.63) is 98.6 Å². The van der Waals surface area contributed by atoms with Gasteiger partial charge in [0.1, 0.15) is 18.5 Å². The molecule has 0 aromatic heterocycles. The second-order valence-corrected chi connectivity index (χ2v) is 17.4. The average molecular weight is 742 g/mol. The predicted octanol–water partition coefficient (Wildman–Crippen LogP) is 3.63. The number of ketones is 1. The molecule has 3 aliphatic heterocycles. The Hall–Kier alpha value is -5.11. The summed E-state index contributed by atoms with van der Waals surface area (Å²) in [6.07, 6.45) is 3.26. The molecule has 0 fully saturated rings. The first-order valence-corrected chi connectivity index (χ1v) is 18.5. The van der Waals surface area contributed by atoms with E-state index < -0.39 is 44.3 Å². The molecule has 0 unspecified atom stereocenters. The van der Waals surface area contributed by atoms with Crippen LogP contribution in [0.15, 0.2) is 54.6 Å². The highest BCUT2D eigenvalue weighted by molar-refractivity contribution is 7.86. The normalized spacial score (nSPS) is 17.0. The van der Waals surface area contributed by atoms with Gasteiger partial charge in [-0.3, -0.25) is 9.59 Å². The van der Waals surface area contributed by atoms with Crippen molar-refractivity contribution in [1.29, 1.82) is 0 Å². The number of ether oxygens (including phenoxy) is 1. The lowest BCUT2D eigenvalue weighted by Gasteiger charge is -2.41. The molecule has 3 heterocycles. The summed E-state index contributed by atoms with van der Waals surface area (Å²) in [5.41, 5.74) is 1.56. The van der Waals surface area contributed by atoms with Crippen molar-refractivity contribution in [2.24, 2.45) is 5.41 Å². The van der Waals surface area contributed by atoms with Crippen LogP contribution in [0.2, 0.25) is 0 Å². The standard InChI is InChI=1S/C40H42N2O10S/c1-38(2,3)36(44)21-10-11-24(27(12-21)37(45)46)35-28-14-25-22(13-34(43)52-47)18-39(4,5)41(8)30(25)16-32(28)51-33-17-31-26(15-29(33)35)23(20-53(48,49)50)19-40(6,7)42(31)9/h10-12,14-19H,13,20H2,1-9H3,(H2-,45,46,47,48,49,50)/p-1. The molecule has 1 N–H and O–H groups in total. The molecule has 3 aliphatic rings. The lowest BCUT2D eigenvalue weighted by atomic mass is 9.81. The van der Waals surface area contributed by atoms with Gasteiger partial charge < -0.3 is 29.4 Å². The van der Waals surface area contributed by atoms with E-state index in [9.17, 15) is 37.7 Å². The largest absolute Gasteiger partial charge is 0.748 e. The topological polar surface area (TPSA) is 176 Å². The molecule has 53 heavy (non-hydrogen) atoms. The molecule has 6 rings (SSSR count). The second-order valence-electron chi connectivity index (χ2n) is 16.0. The van der Waals surface area contributed by atoms with Crippen LogP contribution in [0.1, 0.15) is 97.9 Å². The number of aromatic carboxylic acids is 1. The van der Waals surface area contributed by atoms with E-state index in [1.54, 1.807) is 63.2 Å². The number of hydrogen-bond donors (Lipinski definition) is 1. The fraction of sp³-hybridized carbons (Fsp3) is 0.350. The number of hydrogen-bond acceptors (Lipinski definition) is 10. The number of rotatable bonds is 7. The van der Waals surface area contributed by atoms with Crippen LogP contribution >= 0.6 is 0 Å². The van der Waals surface area contributed by atoms with Gasteiger partial charge >= 0.3 is 11.9 Å². The Bertz CT molecular complexity index is 2470. The third-order valence-corrected chi connectivity index (χ3v) is 11.0. The Morgan fingerprint density at radius 2 is 1.60 bits per heavy atom. The van der Waals surface area contributed by atoms with E-state index in [-0.39, 0.29) is 34.5 Å². The summed E-state index contributed by atoms with van der Waals surface area (Å²) in [5, 5.41) is 22.8. The van der Waals surface area contributed by atoms with Crippen LogP contribution in [0.5, 0.6) is 11.5 Å². The van der Waals surface area contributed by atoms with Gasteiger partial charge in [0, 0.05) is 65.5 Å². The molecule has 12 nitrogen and oxygen atoms in total. The lowest BCUT2D eigenvalue weighted by molar-refractivity contribution is -0.657. The van der Waals surface area contributed by atoms with Gasteiger partial charge in [-0.25, -0.2) is 17.8 Å². The maximum atomic E-state index is 13.3. The Balaban J connectivity index is 1.77. The minimum atomic E-state index is -4.71. The zero-order valence-corrected chi connectivity index (χ0v) is 31.9. The van der Waals surface area contributed by atoms with Crippen molar-refractivity contribution in [3.63, 3.8) is 0 Å². The van der Waals surface area contributed by atoms with Crippen molar-refractivity contribution >= 4 is 50.2 Å². The number of fused-ring (bicyclic) bond motifs is 4. The van der Waals surface area contributed by atoms with Crippen LogP contribution in [0.25, 0.3) is 16.7 Å². The molecule has 0 atom stereocenters. The number of nitrogens with zero attached hydrogens (tertiary/aromatic N) is 2. The fourth-order valence-corrected chi connectivity index (χ4v) is 7.92. The number of carbonyl (C=O) groups is 3. The molecule has 0 amide bonds. The Morgan fingerprint density at radius 3 is 2.21 bits per heavy atom. The highest BCUT2D eigenvalue weighted by atomic mass is 32.2. The van der Waals surface area contributed by atoms with Gasteiger partial charge in [0.25, 0.3) is 0 Å². The molecule has 0 saturated heterocycles. The first-order chi connectivity index (χ1) is 24.4. The van der Waals surface area contributed by atoms with Gasteiger partial charge in [-0.15, -0.1) is 0 Å². The molecular formula is C40H41N2O10S-. The molecule has 0 bridgehead atoms. The van der Waals surface area contributed by atoms with Crippen molar-refractivity contribution in [2.75, 3.05) is 24.7 Å². The first-order valence-electron chi connectivity index (χ1n) is 17.0. The number of likely N-dealkylation sites (N-methyl/N-ethyl adjacent to an activating group) is 2. The van der Waals surface area contributed by atoms with Gasteiger partial charge in [-0.05, 0) is 54.8 Å². The average Bonchev–Trinajstić information content (AvgIpc) is 3.05. The van der Waals surface area contributed by atoms with Crippen LogP contribution in [-0.2, 0) is 19.8 Å². The smallest absolute Gasteiger partial charge is 0.336 e. The number of Topliss-reactive ketones (excluding diaryl/α,β-unsaturated/α-hetero) is 1. The summed E-state index contributed by atoms with van der Waals surface area (Å²) in [6, 6.07) is 11.5. The second kappa shape index (κ2) is 12.5. The number of carboxylic acids is 1. The molecule has 278 valence electrons. The Kier molecular flexibility index (Phi) is 8.88. The molecule has 3 aromatic rings. The lowest BCUT2D eigenvalue weighted by Crippen LogP contribution is -2.47. The molecule has 0 aliphatic carbocycles. The molecule has 13 heteroatoms. The number of carboxylic acid groups (broad SMARTS) is 1. The fourth-order valence-electron chi connectivity index (χ4n) is 7.30. The third kappa shape index (κ3) is 6.68. The van der Waals surface area contributed by atoms with E-state index in [1.165, 1.54) is 6.07 Å². The van der Waals surface area contributed by atoms with E-state index in [2.05, 4.69) is 4.89 Å². The minimum Gasteiger partial charge on any atom is -0.748 e. The van der Waals surface area contributed by atoms with Crippen molar-refractivity contribution in [2.45, 2.75) is 66.0 Å². The third-order valence-electron chi connectivity index (χ3n) is 10.4. The molecule has 0 saturated carbocycles. The van der Waals surface area contributed by atoms with E-state index in [1.807, 2.05) is 57.3 Å². The summed E-state index contributed by atoms with van der Waals surface area (Å²) in [7, 11) is -0.991. The first kappa shape index (κ1) is 37.6. The summed E-state index contributed by atoms with van der Waals surface area (Å²) in [4.78, 5) is 44.5. The van der Waals surface area contributed by atoms with E-state index in [0.717, 1.165) is 0 Å². The van der Waals surface area contributed by atoms with Crippen LogP contribution in [0, 0.1) is 5.41 Å². The van der Waals surface area contributed by atoms with Crippen LogP contribution in [0.4, 0.5) is 5.69 Å². The van der Waals surface area contributed by atoms with Crippen LogP contribution in [0.3, 0.4) is 0 Å². The predicted molar refractivity (Wildman–Crippen MR) is 196 cm³/mol. The Labute approximate surface area is 307 Å². The van der Waals surface area contributed by atoms with Gasteiger partial charge in [0.15, 0.2) is 11.3 Å². The maximum absolute atomic E-state index is 13.3. The zero-order valence-electron chi connectivity index (χ0n) is 31.0. The zero-order chi connectivity index (χ0) is 39.2. The Morgan fingerprint density at radius 1 is 0.925 bits per heavy atom. The van der Waals surface area contributed by atoms with Gasteiger partial charge in [-0.2, -0.15) is 0 Å². The maximum Gasteiger partial charge on any atom is 0.336 e. The monoisotopic (exact) mass is 741 g/mol. The van der Waals surface area contributed by atoms with Crippen LogP contribution in [-0.4, -0.2) is 66.7 Å². The van der Waals surface area contributed by atoms with Gasteiger partial charge in [0.05, 0.1) is 45.0 Å². The molecular weight excluding hydrogens is 701 g/mol. The minimum absolute atomic E-state index is 0.163. The SMILES string of the molecule is CN1c2cc3c(cc2C(CC(=O)O[O-])=CC1(C)C)C(c1ccc(C(=O)C(C)(C)C)cc1C(=O)O)=c1cc2c(cc1O3)=[N+](C)C(C)(C)C=C2CS(=O)(=O)[O-]. The van der Waals surface area contributed by atoms with Gasteiger partial charge in [0.2, 0.25) is 5.36 Å². The highest BCUT2D eigenvalue weighted by Gasteiger charge is 2.37. The quantitative estimate of drug-likeness (QED) is 0.0963. The molecule has 3 aromatic carbocycles. The van der Waals surface area contributed by atoms with Crippen molar-refractivity contribution < 1.29 is 47.3 Å². The number of carbonyl (C=O) groups excluding carboxylic acids is 2. The summed E-state index contributed by atoms with van der Waals surface area (Å²) < 4.78 is 45.1. The number of anilines is 1. The van der Waals surface area contributed by atoms with Crippen LogP contribution < -0.4 is 30.0 Å².